The third-order valence-corrected chi connectivity index (χ3v) is 6.16. The summed E-state index contributed by atoms with van der Waals surface area (Å²) in [6, 6.07) is 7.63. The number of amides is 1. The van der Waals surface area contributed by atoms with E-state index in [-0.39, 0.29) is 13.0 Å². The number of hydrogen-bond acceptors (Lipinski definition) is 6. The number of thiazole rings is 1. The van der Waals surface area contributed by atoms with E-state index < -0.39 is 32.5 Å². The molecule has 1 amide bonds. The van der Waals surface area contributed by atoms with E-state index in [4.69, 9.17) is 4.74 Å². The highest BCUT2D eigenvalue weighted by atomic mass is 32.2. The number of fused-ring (bicyclic) bond motifs is 1. The smallest absolute Gasteiger partial charge is 0.240 e. The average molecular weight is 441 g/mol. The van der Waals surface area contributed by atoms with Crippen LogP contribution >= 0.6 is 11.3 Å². The monoisotopic (exact) mass is 441 g/mol. The summed E-state index contributed by atoms with van der Waals surface area (Å²) in [6.07, 6.45) is -0.164. The molecule has 0 aliphatic rings. The number of carbonyl (C=O) groups excluding carboxylic acids is 1. The lowest BCUT2D eigenvalue weighted by molar-refractivity contribution is -0.116. The Bertz CT molecular complexity index is 1150. The highest BCUT2D eigenvalue weighted by molar-refractivity contribution is 7.89. The van der Waals surface area contributed by atoms with Gasteiger partial charge in [0.05, 0.1) is 21.7 Å². The quantitative estimate of drug-likeness (QED) is 0.559. The van der Waals surface area contributed by atoms with Crippen LogP contribution < -0.4 is 14.8 Å². The molecule has 0 fully saturated rings. The Morgan fingerprint density at radius 1 is 1.17 bits per heavy atom. The number of aromatic nitrogens is 1. The molecule has 0 aliphatic heterocycles. The molecule has 29 heavy (non-hydrogen) atoms. The van der Waals surface area contributed by atoms with Gasteiger partial charge in [-0.1, -0.05) is 11.3 Å². The summed E-state index contributed by atoms with van der Waals surface area (Å²) in [5.74, 6) is -2.16. The van der Waals surface area contributed by atoms with E-state index in [1.807, 2.05) is 13.0 Å². The number of hydrogen-bond donors (Lipinski definition) is 2. The second kappa shape index (κ2) is 8.80. The summed E-state index contributed by atoms with van der Waals surface area (Å²) in [4.78, 5) is 15.9. The second-order valence-electron chi connectivity index (χ2n) is 5.85. The van der Waals surface area contributed by atoms with Crippen molar-refractivity contribution < 1.29 is 26.7 Å². The molecule has 1 heterocycles. The highest BCUT2D eigenvalue weighted by Gasteiger charge is 2.17. The normalized spacial score (nSPS) is 11.6. The molecule has 0 saturated carbocycles. The summed E-state index contributed by atoms with van der Waals surface area (Å²) in [6.45, 7) is 2.20. The van der Waals surface area contributed by atoms with Crippen LogP contribution in [0.4, 0.5) is 13.9 Å². The molecule has 3 rings (SSSR count). The molecule has 2 aromatic carbocycles. The van der Waals surface area contributed by atoms with Crippen LogP contribution in [0.1, 0.15) is 13.3 Å². The molecule has 0 spiro atoms. The summed E-state index contributed by atoms with van der Waals surface area (Å²) < 4.78 is 58.8. The molecular formula is C18H17F2N3O4S2. The third-order valence-electron chi connectivity index (χ3n) is 3.76. The van der Waals surface area contributed by atoms with Crippen molar-refractivity contribution >= 4 is 42.6 Å². The fraction of sp³-hybridized carbons (Fsp3) is 0.222. The van der Waals surface area contributed by atoms with E-state index in [1.54, 1.807) is 12.1 Å². The van der Waals surface area contributed by atoms with Crippen LogP contribution in [-0.4, -0.2) is 32.5 Å². The van der Waals surface area contributed by atoms with Gasteiger partial charge in [-0.3, -0.25) is 4.79 Å². The van der Waals surface area contributed by atoms with Gasteiger partial charge in [-0.15, -0.1) is 0 Å². The van der Waals surface area contributed by atoms with Gasteiger partial charge in [0, 0.05) is 13.0 Å². The van der Waals surface area contributed by atoms with Crippen LogP contribution in [0, 0.1) is 11.6 Å². The highest BCUT2D eigenvalue weighted by Crippen LogP contribution is 2.29. The topological polar surface area (TPSA) is 97.4 Å². The number of carbonyl (C=O) groups is 1. The molecule has 0 radical (unpaired) electrons. The minimum atomic E-state index is -4.06. The fourth-order valence-electron chi connectivity index (χ4n) is 2.42. The zero-order valence-electron chi connectivity index (χ0n) is 15.2. The van der Waals surface area contributed by atoms with Gasteiger partial charge in [-0.2, -0.15) is 0 Å². The van der Waals surface area contributed by atoms with Crippen molar-refractivity contribution in [1.29, 1.82) is 0 Å². The Kier molecular flexibility index (Phi) is 6.40. The Morgan fingerprint density at radius 2 is 1.97 bits per heavy atom. The standard InChI is InChI=1S/C18H17F2N3O4S2/c1-2-27-11-3-6-15-16(9-11)28-18(22-15)23-17(24)7-8-21-29(25,26)12-4-5-13(19)14(20)10-12/h3-6,9-10,21H,2,7-8H2,1H3,(H,22,23,24). The number of sulfonamides is 1. The van der Waals surface area contributed by atoms with E-state index in [2.05, 4.69) is 15.0 Å². The van der Waals surface area contributed by atoms with Crippen LogP contribution in [0.2, 0.25) is 0 Å². The number of benzene rings is 2. The number of nitrogens with one attached hydrogen (secondary N) is 2. The Balaban J connectivity index is 1.57. The lowest BCUT2D eigenvalue weighted by Gasteiger charge is -2.07. The molecule has 1 aromatic heterocycles. The maximum Gasteiger partial charge on any atom is 0.240 e. The minimum absolute atomic E-state index is 0.164. The van der Waals surface area contributed by atoms with Crippen LogP contribution in [0.25, 0.3) is 10.2 Å². The summed E-state index contributed by atoms with van der Waals surface area (Å²) in [7, 11) is -4.06. The SMILES string of the molecule is CCOc1ccc2nc(NC(=O)CCNS(=O)(=O)c3ccc(F)c(F)c3)sc2c1. The zero-order valence-corrected chi connectivity index (χ0v) is 16.9. The largest absolute Gasteiger partial charge is 0.494 e. The molecule has 0 bridgehead atoms. The first-order chi connectivity index (χ1) is 13.8. The number of halogens is 2. The van der Waals surface area contributed by atoms with Crippen molar-refractivity contribution in [2.75, 3.05) is 18.5 Å². The molecule has 7 nitrogen and oxygen atoms in total. The van der Waals surface area contributed by atoms with Crippen molar-refractivity contribution in [3.05, 3.63) is 48.0 Å². The van der Waals surface area contributed by atoms with Gasteiger partial charge in [0.1, 0.15) is 5.75 Å². The average Bonchev–Trinajstić information content (AvgIpc) is 3.05. The van der Waals surface area contributed by atoms with Crippen LogP contribution in [0.3, 0.4) is 0 Å². The second-order valence-corrected chi connectivity index (χ2v) is 8.65. The lowest BCUT2D eigenvalue weighted by Crippen LogP contribution is -2.28. The molecule has 0 atom stereocenters. The van der Waals surface area contributed by atoms with Crippen molar-refractivity contribution in [3.63, 3.8) is 0 Å². The van der Waals surface area contributed by atoms with Crippen molar-refractivity contribution in [1.82, 2.24) is 9.71 Å². The first kappa shape index (κ1) is 21.1. The third kappa shape index (κ3) is 5.25. The fourth-order valence-corrected chi connectivity index (χ4v) is 4.38. The zero-order chi connectivity index (χ0) is 21.0. The predicted octanol–water partition coefficient (Wildman–Crippen LogP) is 3.28. The molecular weight excluding hydrogens is 424 g/mol. The first-order valence-electron chi connectivity index (χ1n) is 8.56. The van der Waals surface area contributed by atoms with Crippen LogP contribution in [-0.2, 0) is 14.8 Å². The van der Waals surface area contributed by atoms with Gasteiger partial charge >= 0.3 is 0 Å². The Hall–Kier alpha value is -2.63. The summed E-state index contributed by atoms with van der Waals surface area (Å²) in [5.41, 5.74) is 0.702. The maximum absolute atomic E-state index is 13.2. The van der Waals surface area contributed by atoms with Gasteiger partial charge in [0.15, 0.2) is 16.8 Å². The summed E-state index contributed by atoms with van der Waals surface area (Å²) >= 11 is 1.27. The van der Waals surface area contributed by atoms with E-state index in [9.17, 15) is 22.0 Å². The van der Waals surface area contributed by atoms with Gasteiger partial charge in [0.2, 0.25) is 15.9 Å². The van der Waals surface area contributed by atoms with Crippen LogP contribution in [0.5, 0.6) is 5.75 Å². The molecule has 0 saturated heterocycles. The predicted molar refractivity (Wildman–Crippen MR) is 106 cm³/mol. The molecule has 0 unspecified atom stereocenters. The number of anilines is 1. The minimum Gasteiger partial charge on any atom is -0.494 e. The molecule has 11 heteroatoms. The summed E-state index contributed by atoms with van der Waals surface area (Å²) in [5, 5.41) is 2.99. The Morgan fingerprint density at radius 3 is 2.69 bits per heavy atom. The first-order valence-corrected chi connectivity index (χ1v) is 10.9. The van der Waals surface area contributed by atoms with Gasteiger partial charge < -0.3 is 10.1 Å². The van der Waals surface area contributed by atoms with Gasteiger partial charge in [0.25, 0.3) is 0 Å². The molecule has 2 N–H and O–H groups in total. The molecule has 154 valence electrons. The number of ether oxygens (including phenoxy) is 1. The van der Waals surface area contributed by atoms with E-state index in [1.165, 1.54) is 11.3 Å². The molecule has 3 aromatic rings. The Labute approximate surface area is 169 Å². The number of rotatable bonds is 8. The van der Waals surface area contributed by atoms with Gasteiger partial charge in [-0.05, 0) is 43.3 Å². The van der Waals surface area contributed by atoms with Crippen molar-refractivity contribution in [3.8, 4) is 5.75 Å². The maximum atomic E-state index is 13.2. The number of nitrogens with zero attached hydrogens (tertiary/aromatic N) is 1. The lowest BCUT2D eigenvalue weighted by atomic mass is 10.3. The van der Waals surface area contributed by atoms with Gasteiger partial charge in [-0.25, -0.2) is 26.9 Å². The van der Waals surface area contributed by atoms with E-state index in [0.29, 0.717) is 29.1 Å². The molecule has 0 aliphatic carbocycles. The van der Waals surface area contributed by atoms with E-state index in [0.717, 1.165) is 16.8 Å². The van der Waals surface area contributed by atoms with E-state index >= 15 is 0 Å². The van der Waals surface area contributed by atoms with Crippen molar-refractivity contribution in [2.45, 2.75) is 18.2 Å². The van der Waals surface area contributed by atoms with Crippen molar-refractivity contribution in [2.24, 2.45) is 0 Å². The van der Waals surface area contributed by atoms with Crippen LogP contribution in [0.15, 0.2) is 41.3 Å².